The normalized spacial score (nSPS) is 11.4. The average Bonchev–Trinajstić information content (AvgIpc) is 2.74. The summed E-state index contributed by atoms with van der Waals surface area (Å²) in [7, 11) is -1.98. The van der Waals surface area contributed by atoms with Crippen LogP contribution in [0.2, 0.25) is 18.1 Å². The lowest BCUT2D eigenvalue weighted by molar-refractivity contribution is 0.0731. The maximum absolute atomic E-state index is 12.9. The van der Waals surface area contributed by atoms with Crippen molar-refractivity contribution in [3.63, 3.8) is 0 Å². The second kappa shape index (κ2) is 8.70. The van der Waals surface area contributed by atoms with Gasteiger partial charge in [-0.25, -0.2) is 4.79 Å². The van der Waals surface area contributed by atoms with Crippen molar-refractivity contribution < 1.29 is 19.1 Å². The number of aryl methyl sites for hydroxylation is 1. The van der Waals surface area contributed by atoms with Crippen molar-refractivity contribution in [2.24, 2.45) is 0 Å². The molecular formula is C24H28O4Si. The third kappa shape index (κ3) is 4.15. The van der Waals surface area contributed by atoms with Crippen LogP contribution in [0.3, 0.4) is 0 Å². The Kier molecular flexibility index (Phi) is 6.28. The van der Waals surface area contributed by atoms with Crippen LogP contribution in [0.15, 0.2) is 54.6 Å². The van der Waals surface area contributed by atoms with Gasteiger partial charge in [0.1, 0.15) is 22.8 Å². The molecule has 0 bridgehead atoms. The second-order valence-electron chi connectivity index (χ2n) is 7.32. The van der Waals surface area contributed by atoms with Crippen LogP contribution in [-0.4, -0.2) is 19.4 Å². The van der Waals surface area contributed by atoms with Crippen molar-refractivity contribution in [1.29, 1.82) is 0 Å². The SMILES string of the molecule is CC[Si](CC)(CC)Oc1cc(C(=O)Oc2ccccc2)c(O)c2cccc(C)c12. The number of carbonyl (C=O) groups excluding carboxylic acids is 1. The van der Waals surface area contributed by atoms with Crippen LogP contribution in [0.1, 0.15) is 36.7 Å². The summed E-state index contributed by atoms with van der Waals surface area (Å²) in [6.45, 7) is 8.49. The molecule has 5 heteroatoms. The zero-order chi connectivity index (χ0) is 21.0. The van der Waals surface area contributed by atoms with Gasteiger partial charge < -0.3 is 14.3 Å². The van der Waals surface area contributed by atoms with E-state index in [2.05, 4.69) is 20.8 Å². The standard InChI is InChI=1S/C24H28O4Si/c1-5-29(6-2,7-3)28-21-16-20(24(26)27-18-13-9-8-10-14-18)23(25)19-15-11-12-17(4)22(19)21/h8-16,25H,5-7H2,1-4H3. The Labute approximate surface area is 173 Å². The van der Waals surface area contributed by atoms with Gasteiger partial charge in [-0.1, -0.05) is 57.2 Å². The van der Waals surface area contributed by atoms with Gasteiger partial charge in [0.2, 0.25) is 0 Å². The zero-order valence-corrected chi connectivity index (χ0v) is 18.5. The van der Waals surface area contributed by atoms with Gasteiger partial charge in [-0.15, -0.1) is 0 Å². The summed E-state index contributed by atoms with van der Waals surface area (Å²) in [6.07, 6.45) is 0. The summed E-state index contributed by atoms with van der Waals surface area (Å²) < 4.78 is 12.1. The summed E-state index contributed by atoms with van der Waals surface area (Å²) in [5, 5.41) is 12.3. The van der Waals surface area contributed by atoms with E-state index in [0.29, 0.717) is 16.9 Å². The molecule has 3 rings (SSSR count). The monoisotopic (exact) mass is 408 g/mol. The first-order chi connectivity index (χ1) is 13.9. The first-order valence-corrected chi connectivity index (χ1v) is 12.7. The predicted octanol–water partition coefficient (Wildman–Crippen LogP) is 6.46. The molecule has 0 aliphatic carbocycles. The lowest BCUT2D eigenvalue weighted by Gasteiger charge is -2.30. The fourth-order valence-electron chi connectivity index (χ4n) is 3.70. The molecule has 29 heavy (non-hydrogen) atoms. The Balaban J connectivity index is 2.14. The number of phenolic OH excluding ortho intramolecular Hbond substituents is 1. The predicted molar refractivity (Wildman–Crippen MR) is 120 cm³/mol. The van der Waals surface area contributed by atoms with Crippen molar-refractivity contribution in [2.75, 3.05) is 0 Å². The van der Waals surface area contributed by atoms with E-state index in [1.54, 1.807) is 30.3 Å². The van der Waals surface area contributed by atoms with Crippen LogP contribution in [0.5, 0.6) is 17.2 Å². The highest BCUT2D eigenvalue weighted by Gasteiger charge is 2.32. The Hall–Kier alpha value is -2.79. The van der Waals surface area contributed by atoms with Crippen molar-refractivity contribution in [3.8, 4) is 17.2 Å². The molecule has 0 spiro atoms. The highest BCUT2D eigenvalue weighted by Crippen LogP contribution is 2.40. The van der Waals surface area contributed by atoms with Gasteiger partial charge in [0, 0.05) is 10.8 Å². The number of ether oxygens (including phenoxy) is 1. The number of para-hydroxylation sites is 1. The second-order valence-corrected chi connectivity index (χ2v) is 12.0. The molecule has 0 aliphatic rings. The number of carbonyl (C=O) groups is 1. The molecular weight excluding hydrogens is 380 g/mol. The van der Waals surface area contributed by atoms with Crippen LogP contribution < -0.4 is 9.16 Å². The fraction of sp³-hybridized carbons (Fsp3) is 0.292. The Morgan fingerprint density at radius 2 is 1.62 bits per heavy atom. The first kappa shape index (κ1) is 20.9. The van der Waals surface area contributed by atoms with E-state index in [9.17, 15) is 9.90 Å². The summed E-state index contributed by atoms with van der Waals surface area (Å²) >= 11 is 0. The number of rotatable bonds is 7. The van der Waals surface area contributed by atoms with Gasteiger partial charge in [-0.05, 0) is 48.8 Å². The molecule has 0 aliphatic heterocycles. The van der Waals surface area contributed by atoms with Crippen molar-refractivity contribution in [3.05, 3.63) is 65.7 Å². The highest BCUT2D eigenvalue weighted by molar-refractivity contribution is 6.74. The van der Waals surface area contributed by atoms with E-state index >= 15 is 0 Å². The molecule has 0 atom stereocenters. The van der Waals surface area contributed by atoms with Crippen LogP contribution in [0.4, 0.5) is 0 Å². The lowest BCUT2D eigenvalue weighted by Crippen LogP contribution is -2.39. The molecule has 3 aromatic carbocycles. The number of hydrogen-bond acceptors (Lipinski definition) is 4. The fourth-order valence-corrected chi connectivity index (χ4v) is 6.26. The Bertz CT molecular complexity index is 1000. The Morgan fingerprint density at radius 3 is 2.24 bits per heavy atom. The molecule has 0 saturated heterocycles. The van der Waals surface area contributed by atoms with Crippen LogP contribution >= 0.6 is 0 Å². The van der Waals surface area contributed by atoms with Crippen LogP contribution in [-0.2, 0) is 0 Å². The molecule has 0 heterocycles. The highest BCUT2D eigenvalue weighted by atomic mass is 28.4. The van der Waals surface area contributed by atoms with Gasteiger partial charge in [0.15, 0.2) is 0 Å². The van der Waals surface area contributed by atoms with Gasteiger partial charge in [0.05, 0.1) is 0 Å². The van der Waals surface area contributed by atoms with Gasteiger partial charge in [-0.2, -0.15) is 0 Å². The lowest BCUT2D eigenvalue weighted by atomic mass is 10.0. The zero-order valence-electron chi connectivity index (χ0n) is 17.5. The average molecular weight is 409 g/mol. The summed E-state index contributed by atoms with van der Waals surface area (Å²) in [6, 6.07) is 19.1. The number of aromatic hydroxyl groups is 1. The molecule has 0 aromatic heterocycles. The van der Waals surface area contributed by atoms with Crippen molar-refractivity contribution in [1.82, 2.24) is 0 Å². The molecule has 0 radical (unpaired) electrons. The molecule has 3 aromatic rings. The number of phenols is 1. The first-order valence-electron chi connectivity index (χ1n) is 10.2. The minimum Gasteiger partial charge on any atom is -0.543 e. The number of fused-ring (bicyclic) bond motifs is 1. The largest absolute Gasteiger partial charge is 0.543 e. The van der Waals surface area contributed by atoms with E-state index in [1.807, 2.05) is 31.2 Å². The van der Waals surface area contributed by atoms with E-state index < -0.39 is 14.3 Å². The quantitative estimate of drug-likeness (QED) is 0.277. The molecule has 4 nitrogen and oxygen atoms in total. The van der Waals surface area contributed by atoms with E-state index in [-0.39, 0.29) is 11.3 Å². The Morgan fingerprint density at radius 1 is 0.966 bits per heavy atom. The minimum absolute atomic E-state index is 0.0752. The molecule has 0 fully saturated rings. The molecule has 0 saturated carbocycles. The van der Waals surface area contributed by atoms with Crippen LogP contribution in [0, 0.1) is 6.92 Å². The molecule has 1 N–H and O–H groups in total. The molecule has 152 valence electrons. The van der Waals surface area contributed by atoms with Gasteiger partial charge >= 0.3 is 5.97 Å². The molecule has 0 unspecified atom stereocenters. The number of benzene rings is 3. The molecule has 0 amide bonds. The third-order valence-corrected chi connectivity index (χ3v) is 10.3. The topological polar surface area (TPSA) is 55.8 Å². The van der Waals surface area contributed by atoms with Crippen LogP contribution in [0.25, 0.3) is 10.8 Å². The summed E-state index contributed by atoms with van der Waals surface area (Å²) in [5.41, 5.74) is 1.12. The number of hydrogen-bond donors (Lipinski definition) is 1. The van der Waals surface area contributed by atoms with Gasteiger partial charge in [-0.3, -0.25) is 0 Å². The third-order valence-electron chi connectivity index (χ3n) is 5.74. The van der Waals surface area contributed by atoms with E-state index in [4.69, 9.17) is 9.16 Å². The van der Waals surface area contributed by atoms with Gasteiger partial charge in [0.25, 0.3) is 8.32 Å². The van der Waals surface area contributed by atoms with Crippen molar-refractivity contribution in [2.45, 2.75) is 45.8 Å². The summed E-state index contributed by atoms with van der Waals surface area (Å²) in [4.78, 5) is 12.9. The van der Waals surface area contributed by atoms with Crippen molar-refractivity contribution >= 4 is 25.1 Å². The number of esters is 1. The smallest absolute Gasteiger partial charge is 0.347 e. The summed E-state index contributed by atoms with van der Waals surface area (Å²) in [5.74, 6) is 0.420. The minimum atomic E-state index is -1.98. The maximum atomic E-state index is 12.9. The van der Waals surface area contributed by atoms with E-state index in [0.717, 1.165) is 29.1 Å². The maximum Gasteiger partial charge on any atom is 0.347 e. The van der Waals surface area contributed by atoms with E-state index in [1.165, 1.54) is 0 Å².